The summed E-state index contributed by atoms with van der Waals surface area (Å²) in [5.41, 5.74) is 2.64. The predicted molar refractivity (Wildman–Crippen MR) is 63.1 cm³/mol. The molecular weight excluding hydrogens is 184 g/mol. The smallest absolute Gasteiger partial charge is 0.0655 e. The van der Waals surface area contributed by atoms with Crippen LogP contribution < -0.4 is 5.32 Å². The van der Waals surface area contributed by atoms with E-state index in [0.29, 0.717) is 0 Å². The standard InChI is InChI=1S/C13H20N2/c1-3-4-12(9-14)6-8-13-7-5-11(2)10-15-13/h5,7,12,15H,3-4,6,8,10H2,1-2H3. The van der Waals surface area contributed by atoms with E-state index in [4.69, 9.17) is 5.26 Å². The monoisotopic (exact) mass is 204 g/mol. The molecule has 1 N–H and O–H groups in total. The van der Waals surface area contributed by atoms with Crippen molar-refractivity contribution in [3.05, 3.63) is 23.4 Å². The molecule has 0 spiro atoms. The van der Waals surface area contributed by atoms with E-state index in [0.717, 1.165) is 32.2 Å². The molecule has 0 aromatic carbocycles. The molecule has 1 atom stereocenters. The van der Waals surface area contributed by atoms with Crippen LogP contribution in [0.1, 0.15) is 39.5 Å². The van der Waals surface area contributed by atoms with Crippen LogP contribution in [0.25, 0.3) is 0 Å². The molecule has 2 heteroatoms. The second-order valence-corrected chi connectivity index (χ2v) is 4.21. The number of rotatable bonds is 5. The number of nitrogens with one attached hydrogen (secondary N) is 1. The summed E-state index contributed by atoms with van der Waals surface area (Å²) in [5.74, 6) is 0.227. The molecule has 82 valence electrons. The summed E-state index contributed by atoms with van der Waals surface area (Å²) < 4.78 is 0. The van der Waals surface area contributed by atoms with E-state index in [9.17, 15) is 0 Å². The summed E-state index contributed by atoms with van der Waals surface area (Å²) in [6.07, 6.45) is 8.41. The first-order valence-corrected chi connectivity index (χ1v) is 5.76. The van der Waals surface area contributed by atoms with Gasteiger partial charge >= 0.3 is 0 Å². The zero-order valence-electron chi connectivity index (χ0n) is 9.71. The van der Waals surface area contributed by atoms with Crippen LogP contribution in [-0.2, 0) is 0 Å². The average Bonchev–Trinajstić information content (AvgIpc) is 2.26. The molecule has 1 unspecified atom stereocenters. The van der Waals surface area contributed by atoms with Gasteiger partial charge in [0.25, 0.3) is 0 Å². The van der Waals surface area contributed by atoms with Crippen LogP contribution in [0.15, 0.2) is 23.4 Å². The summed E-state index contributed by atoms with van der Waals surface area (Å²) >= 11 is 0. The highest BCUT2D eigenvalue weighted by atomic mass is 14.9. The van der Waals surface area contributed by atoms with Crippen LogP contribution >= 0.6 is 0 Å². The quantitative estimate of drug-likeness (QED) is 0.746. The van der Waals surface area contributed by atoms with Gasteiger partial charge in [0, 0.05) is 18.2 Å². The van der Waals surface area contributed by atoms with E-state index < -0.39 is 0 Å². The lowest BCUT2D eigenvalue weighted by molar-refractivity contribution is 0.537. The van der Waals surface area contributed by atoms with E-state index in [1.807, 2.05) is 0 Å². The molecule has 1 aliphatic heterocycles. The number of nitrogens with zero attached hydrogens (tertiary/aromatic N) is 1. The SMILES string of the molecule is CCCC(C#N)CCC1=CC=C(C)CN1. The minimum absolute atomic E-state index is 0.227. The molecular formula is C13H20N2. The summed E-state index contributed by atoms with van der Waals surface area (Å²) in [6.45, 7) is 5.21. The van der Waals surface area contributed by atoms with Gasteiger partial charge in [-0.25, -0.2) is 0 Å². The maximum Gasteiger partial charge on any atom is 0.0655 e. The number of hydrogen-bond donors (Lipinski definition) is 1. The van der Waals surface area contributed by atoms with E-state index in [-0.39, 0.29) is 5.92 Å². The van der Waals surface area contributed by atoms with E-state index in [1.165, 1.54) is 11.3 Å². The minimum atomic E-state index is 0.227. The van der Waals surface area contributed by atoms with Crippen molar-refractivity contribution in [2.45, 2.75) is 39.5 Å². The van der Waals surface area contributed by atoms with Crippen LogP contribution in [0.4, 0.5) is 0 Å². The number of allylic oxidation sites excluding steroid dienone is 3. The molecule has 0 aromatic heterocycles. The second kappa shape index (κ2) is 6.29. The molecule has 0 amide bonds. The molecule has 0 aromatic rings. The lowest BCUT2D eigenvalue weighted by Gasteiger charge is -2.16. The Bertz CT molecular complexity index is 294. The van der Waals surface area contributed by atoms with Gasteiger partial charge in [-0.2, -0.15) is 5.26 Å². The highest BCUT2D eigenvalue weighted by Gasteiger charge is 2.08. The van der Waals surface area contributed by atoms with Crippen LogP contribution in [0.5, 0.6) is 0 Å². The normalized spacial score (nSPS) is 17.1. The lowest BCUT2D eigenvalue weighted by atomic mass is 9.98. The Morgan fingerprint density at radius 2 is 2.27 bits per heavy atom. The van der Waals surface area contributed by atoms with Gasteiger partial charge in [-0.15, -0.1) is 0 Å². The topological polar surface area (TPSA) is 35.8 Å². The van der Waals surface area contributed by atoms with Crippen LogP contribution in [0, 0.1) is 17.2 Å². The fourth-order valence-corrected chi connectivity index (χ4v) is 1.74. The Morgan fingerprint density at radius 1 is 1.47 bits per heavy atom. The number of hydrogen-bond acceptors (Lipinski definition) is 2. The molecule has 0 fully saturated rings. The Kier molecular flexibility index (Phi) is 4.97. The highest BCUT2D eigenvalue weighted by molar-refractivity contribution is 5.22. The van der Waals surface area contributed by atoms with Gasteiger partial charge < -0.3 is 5.32 Å². The van der Waals surface area contributed by atoms with Crippen molar-refractivity contribution in [1.29, 1.82) is 5.26 Å². The Morgan fingerprint density at radius 3 is 2.80 bits per heavy atom. The van der Waals surface area contributed by atoms with Crippen LogP contribution in [0.3, 0.4) is 0 Å². The fraction of sp³-hybridized carbons (Fsp3) is 0.615. The molecule has 0 aliphatic carbocycles. The van der Waals surface area contributed by atoms with Crippen molar-refractivity contribution in [3.63, 3.8) is 0 Å². The van der Waals surface area contributed by atoms with Gasteiger partial charge in [-0.05, 0) is 32.3 Å². The molecule has 0 radical (unpaired) electrons. The van der Waals surface area contributed by atoms with Gasteiger partial charge in [0.2, 0.25) is 0 Å². The summed E-state index contributed by atoms with van der Waals surface area (Å²) in [4.78, 5) is 0. The molecule has 1 heterocycles. The third-order valence-corrected chi connectivity index (χ3v) is 2.75. The zero-order valence-corrected chi connectivity index (χ0v) is 9.71. The van der Waals surface area contributed by atoms with Crippen LogP contribution in [-0.4, -0.2) is 6.54 Å². The third kappa shape index (κ3) is 4.20. The van der Waals surface area contributed by atoms with Gasteiger partial charge in [0.05, 0.1) is 6.07 Å². The molecule has 15 heavy (non-hydrogen) atoms. The van der Waals surface area contributed by atoms with Crippen molar-refractivity contribution in [3.8, 4) is 6.07 Å². The summed E-state index contributed by atoms with van der Waals surface area (Å²) in [7, 11) is 0. The maximum absolute atomic E-state index is 8.93. The molecule has 1 aliphatic rings. The van der Waals surface area contributed by atoms with Crippen molar-refractivity contribution in [2.75, 3.05) is 6.54 Å². The van der Waals surface area contributed by atoms with E-state index in [2.05, 4.69) is 37.4 Å². The molecule has 0 saturated carbocycles. The number of dihydropyridines is 1. The Hall–Kier alpha value is -1.23. The first kappa shape index (κ1) is 11.8. The van der Waals surface area contributed by atoms with Crippen molar-refractivity contribution >= 4 is 0 Å². The molecule has 2 nitrogen and oxygen atoms in total. The highest BCUT2D eigenvalue weighted by Crippen LogP contribution is 2.16. The first-order valence-electron chi connectivity index (χ1n) is 5.76. The summed E-state index contributed by atoms with van der Waals surface area (Å²) in [6, 6.07) is 2.38. The largest absolute Gasteiger partial charge is 0.385 e. The van der Waals surface area contributed by atoms with Crippen molar-refractivity contribution in [1.82, 2.24) is 5.32 Å². The van der Waals surface area contributed by atoms with Gasteiger partial charge in [0.15, 0.2) is 0 Å². The molecule has 0 saturated heterocycles. The van der Waals surface area contributed by atoms with Crippen molar-refractivity contribution in [2.24, 2.45) is 5.92 Å². The van der Waals surface area contributed by atoms with E-state index >= 15 is 0 Å². The lowest BCUT2D eigenvalue weighted by Crippen LogP contribution is -2.19. The second-order valence-electron chi connectivity index (χ2n) is 4.21. The average molecular weight is 204 g/mol. The first-order chi connectivity index (χ1) is 7.26. The molecule has 0 bridgehead atoms. The molecule has 1 rings (SSSR count). The number of nitriles is 1. The predicted octanol–water partition coefficient (Wildman–Crippen LogP) is 3.14. The fourth-order valence-electron chi connectivity index (χ4n) is 1.74. The van der Waals surface area contributed by atoms with Crippen LogP contribution in [0.2, 0.25) is 0 Å². The Balaban J connectivity index is 2.34. The summed E-state index contributed by atoms with van der Waals surface area (Å²) in [5, 5.41) is 12.3. The van der Waals surface area contributed by atoms with Gasteiger partial charge in [0.1, 0.15) is 0 Å². The van der Waals surface area contributed by atoms with E-state index in [1.54, 1.807) is 0 Å². The third-order valence-electron chi connectivity index (χ3n) is 2.75. The van der Waals surface area contributed by atoms with Gasteiger partial charge in [-0.1, -0.05) is 25.0 Å². The van der Waals surface area contributed by atoms with Crippen molar-refractivity contribution < 1.29 is 0 Å². The zero-order chi connectivity index (χ0) is 11.1. The minimum Gasteiger partial charge on any atom is -0.385 e. The maximum atomic E-state index is 8.93. The Labute approximate surface area is 92.7 Å². The van der Waals surface area contributed by atoms with Gasteiger partial charge in [-0.3, -0.25) is 0 Å².